The molecule has 16 heteroatoms. The van der Waals surface area contributed by atoms with Gasteiger partial charge in [-0.1, -0.05) is 29.8 Å². The number of nitrogens with one attached hydrogen (secondary N) is 1. The zero-order valence-corrected chi connectivity index (χ0v) is 26.0. The number of halogens is 4. The third-order valence-electron chi connectivity index (χ3n) is 7.18. The van der Waals surface area contributed by atoms with E-state index in [9.17, 15) is 21.6 Å². The SMILES string of the molecule is Cc1ccc(C)c(S(=O)(=O)N[C@H]2CC3=C(c4ccn(C(F)F)n4)[C@H](c4ccc(F)cc4Cl)N=C(c4nccs4)N3C2)c1.O=C=O. The van der Waals surface area contributed by atoms with Gasteiger partial charge in [0.2, 0.25) is 10.0 Å². The van der Waals surface area contributed by atoms with Gasteiger partial charge in [0.05, 0.1) is 10.6 Å². The van der Waals surface area contributed by atoms with Crippen molar-refractivity contribution in [3.05, 3.63) is 104 Å². The highest BCUT2D eigenvalue weighted by Crippen LogP contribution is 2.46. The molecule has 4 aromatic rings. The van der Waals surface area contributed by atoms with Gasteiger partial charge in [-0.2, -0.15) is 23.5 Å². The van der Waals surface area contributed by atoms with Crippen LogP contribution in [-0.4, -0.2) is 52.7 Å². The minimum atomic E-state index is -3.91. The number of sulfonamides is 1. The number of aromatic nitrogens is 3. The van der Waals surface area contributed by atoms with Crippen LogP contribution in [0.3, 0.4) is 0 Å². The largest absolute Gasteiger partial charge is 0.373 e. The lowest BCUT2D eigenvalue weighted by Crippen LogP contribution is -2.39. The van der Waals surface area contributed by atoms with Crippen LogP contribution in [0.2, 0.25) is 5.02 Å². The minimum absolute atomic E-state index is 0.104. The quantitative estimate of drug-likeness (QED) is 0.273. The molecule has 0 unspecified atom stereocenters. The van der Waals surface area contributed by atoms with Crippen molar-refractivity contribution in [2.75, 3.05) is 6.54 Å². The number of alkyl halides is 2. The molecule has 0 saturated carbocycles. The van der Waals surface area contributed by atoms with Crippen molar-refractivity contribution in [1.82, 2.24) is 24.4 Å². The van der Waals surface area contributed by atoms with Gasteiger partial charge < -0.3 is 4.90 Å². The second kappa shape index (κ2) is 13.1. The lowest BCUT2D eigenvalue weighted by molar-refractivity contribution is -0.191. The summed E-state index contributed by atoms with van der Waals surface area (Å²) >= 11 is 7.85. The molecule has 45 heavy (non-hydrogen) atoms. The summed E-state index contributed by atoms with van der Waals surface area (Å²) in [4.78, 5) is 27.7. The number of amidine groups is 1. The third kappa shape index (κ3) is 6.63. The molecule has 1 N–H and O–H groups in total. The highest BCUT2D eigenvalue weighted by molar-refractivity contribution is 7.89. The molecule has 1 fully saturated rings. The molecule has 0 spiro atoms. The molecule has 10 nitrogen and oxygen atoms in total. The van der Waals surface area contributed by atoms with E-state index in [1.54, 1.807) is 30.6 Å². The molecular weight excluding hydrogens is 653 g/mol. The fourth-order valence-corrected chi connectivity index (χ4v) is 7.78. The number of fused-ring (bicyclic) bond motifs is 1. The summed E-state index contributed by atoms with van der Waals surface area (Å²) in [6.45, 7) is 0.894. The first-order valence-corrected chi connectivity index (χ1v) is 16.0. The lowest BCUT2D eigenvalue weighted by atomic mass is 9.92. The Morgan fingerprint density at radius 2 is 1.89 bits per heavy atom. The smallest absolute Gasteiger partial charge is 0.326 e. The molecule has 2 aromatic carbocycles. The van der Waals surface area contributed by atoms with Crippen LogP contribution in [0.25, 0.3) is 5.57 Å². The van der Waals surface area contributed by atoms with Crippen molar-refractivity contribution in [2.24, 2.45) is 4.99 Å². The van der Waals surface area contributed by atoms with E-state index in [1.807, 2.05) is 17.9 Å². The highest BCUT2D eigenvalue weighted by Gasteiger charge is 2.42. The van der Waals surface area contributed by atoms with Gasteiger partial charge in [0.1, 0.15) is 11.9 Å². The Bertz CT molecular complexity index is 1940. The average Bonchev–Trinajstić information content (AvgIpc) is 3.75. The Hall–Kier alpha value is -4.14. The predicted molar refractivity (Wildman–Crippen MR) is 160 cm³/mol. The fraction of sp³-hybridized carbons (Fsp3) is 0.241. The summed E-state index contributed by atoms with van der Waals surface area (Å²) in [5, 5.41) is 6.59. The molecule has 4 heterocycles. The number of benzene rings is 2. The maximum absolute atomic E-state index is 14.0. The van der Waals surface area contributed by atoms with Gasteiger partial charge in [0.15, 0.2) is 10.8 Å². The highest BCUT2D eigenvalue weighted by atomic mass is 35.5. The topological polar surface area (TPSA) is 127 Å². The summed E-state index contributed by atoms with van der Waals surface area (Å²) in [5.41, 5.74) is 3.19. The monoisotopic (exact) mass is 676 g/mol. The van der Waals surface area contributed by atoms with Crippen molar-refractivity contribution in [2.45, 2.75) is 43.8 Å². The summed E-state index contributed by atoms with van der Waals surface area (Å²) in [6, 6.07) is 9.15. The van der Waals surface area contributed by atoms with Crippen LogP contribution in [0.15, 0.2) is 75.8 Å². The number of aryl methyl sites for hydroxylation is 2. The molecule has 0 aliphatic carbocycles. The van der Waals surface area contributed by atoms with E-state index in [2.05, 4.69) is 14.8 Å². The zero-order valence-electron chi connectivity index (χ0n) is 23.6. The lowest BCUT2D eigenvalue weighted by Gasteiger charge is -2.32. The first-order chi connectivity index (χ1) is 21.4. The average molecular weight is 677 g/mol. The summed E-state index contributed by atoms with van der Waals surface area (Å²) < 4.78 is 71.6. The van der Waals surface area contributed by atoms with E-state index in [0.29, 0.717) is 37.9 Å². The number of rotatable bonds is 7. The van der Waals surface area contributed by atoms with Crippen LogP contribution in [-0.2, 0) is 19.6 Å². The van der Waals surface area contributed by atoms with Crippen LogP contribution < -0.4 is 4.72 Å². The van der Waals surface area contributed by atoms with Crippen LogP contribution in [0, 0.1) is 19.7 Å². The van der Waals surface area contributed by atoms with E-state index < -0.39 is 34.5 Å². The number of hydrogen-bond acceptors (Lipinski definition) is 9. The molecule has 2 atom stereocenters. The van der Waals surface area contributed by atoms with E-state index >= 15 is 0 Å². The Labute approximate surface area is 264 Å². The van der Waals surface area contributed by atoms with Crippen LogP contribution >= 0.6 is 22.9 Å². The molecule has 0 radical (unpaired) electrons. The van der Waals surface area contributed by atoms with Crippen molar-refractivity contribution in [1.29, 1.82) is 0 Å². The van der Waals surface area contributed by atoms with Gasteiger partial charge >= 0.3 is 12.7 Å². The van der Waals surface area contributed by atoms with Crippen LogP contribution in [0.1, 0.15) is 46.4 Å². The number of aliphatic imine (C=N–C) groups is 1. The first kappa shape index (κ1) is 32.3. The van der Waals surface area contributed by atoms with Gasteiger partial charge in [0.25, 0.3) is 0 Å². The van der Waals surface area contributed by atoms with E-state index in [1.165, 1.54) is 29.5 Å². The van der Waals surface area contributed by atoms with Gasteiger partial charge in [0, 0.05) is 58.6 Å². The second-order valence-corrected chi connectivity index (χ2v) is 13.1. The van der Waals surface area contributed by atoms with E-state index in [4.69, 9.17) is 26.2 Å². The fourth-order valence-electron chi connectivity index (χ4n) is 5.31. The van der Waals surface area contributed by atoms with Crippen molar-refractivity contribution >= 4 is 50.5 Å². The van der Waals surface area contributed by atoms with Crippen molar-refractivity contribution in [3.8, 4) is 0 Å². The molecule has 6 rings (SSSR count). The van der Waals surface area contributed by atoms with Gasteiger partial charge in [-0.3, -0.25) is 4.99 Å². The molecule has 2 aliphatic heterocycles. The van der Waals surface area contributed by atoms with Gasteiger partial charge in [-0.25, -0.2) is 27.2 Å². The zero-order chi connectivity index (χ0) is 32.5. The predicted octanol–water partition coefficient (Wildman–Crippen LogP) is 5.53. The van der Waals surface area contributed by atoms with Gasteiger partial charge in [-0.05, 0) is 49.2 Å². The maximum atomic E-state index is 14.0. The normalized spacial score (nSPS) is 17.9. The van der Waals surface area contributed by atoms with Gasteiger partial charge in [-0.15, -0.1) is 11.3 Å². The summed E-state index contributed by atoms with van der Waals surface area (Å²) in [5.74, 6) is -0.0702. The summed E-state index contributed by atoms with van der Waals surface area (Å²) in [7, 11) is -3.91. The van der Waals surface area contributed by atoms with E-state index in [0.717, 1.165) is 17.8 Å². The first-order valence-electron chi connectivity index (χ1n) is 13.3. The number of thiazole rings is 1. The molecule has 1 saturated heterocycles. The molecule has 2 aromatic heterocycles. The molecule has 0 bridgehead atoms. The number of hydrogen-bond donors (Lipinski definition) is 1. The van der Waals surface area contributed by atoms with Crippen LogP contribution in [0.4, 0.5) is 13.2 Å². The van der Waals surface area contributed by atoms with Crippen molar-refractivity contribution in [3.63, 3.8) is 0 Å². The number of nitrogens with zero attached hydrogens (tertiary/aromatic N) is 5. The second-order valence-electron chi connectivity index (χ2n) is 10.2. The Balaban J connectivity index is 0.00000128. The Morgan fingerprint density at radius 3 is 2.53 bits per heavy atom. The molecule has 234 valence electrons. The Kier molecular flexibility index (Phi) is 9.37. The maximum Gasteiger partial charge on any atom is 0.373 e. The van der Waals surface area contributed by atoms with Crippen molar-refractivity contribution < 1.29 is 31.2 Å². The van der Waals surface area contributed by atoms with E-state index in [-0.39, 0.29) is 34.7 Å². The molecule has 0 amide bonds. The third-order valence-corrected chi connectivity index (χ3v) is 9.94. The van der Waals surface area contributed by atoms with Crippen LogP contribution in [0.5, 0.6) is 0 Å². The summed E-state index contributed by atoms with van der Waals surface area (Å²) in [6.07, 6.45) is 3.25. The number of carbonyl (C=O) groups excluding carboxylic acids is 2. The standard InChI is InChI=1S/C28H24ClF3N6O2S2.CO2/c1-15-3-4-16(2)23(11-15)42(39,40)36-18-13-22-24(21-7-9-38(35-21)28(31)32)25(19-6-5-17(30)12-20(19)29)34-26(37(22)14-18)27-33-8-10-41-27;2-1-3/h3-12,18,25,28,36H,13-14H2,1-2H3;/t18-,25-;/m0./s1. The molecular formula is C29H24ClF3N6O4S2. The molecule has 2 aliphatic rings. The Morgan fingerprint density at radius 1 is 1.13 bits per heavy atom. The minimum Gasteiger partial charge on any atom is -0.326 e.